The predicted octanol–water partition coefficient (Wildman–Crippen LogP) is 3.82. The first-order valence-electron chi connectivity index (χ1n) is 9.61. The molecule has 2 aromatic carbocycles. The molecule has 0 spiro atoms. The zero-order chi connectivity index (χ0) is 20.1. The molecule has 7 heteroatoms. The summed E-state index contributed by atoms with van der Waals surface area (Å²) >= 11 is 0. The highest BCUT2D eigenvalue weighted by atomic mass is 32.2. The van der Waals surface area contributed by atoms with Gasteiger partial charge in [-0.25, -0.2) is 17.2 Å². The first-order valence-corrected chi connectivity index (χ1v) is 11.1. The van der Waals surface area contributed by atoms with Crippen LogP contribution >= 0.6 is 0 Å². The normalized spacial score (nSPS) is 22.6. The van der Waals surface area contributed by atoms with E-state index in [-0.39, 0.29) is 15.7 Å². The molecule has 0 aromatic heterocycles. The standard InChI is InChI=1S/C21H24F2N2O2S/c1-3-25-8-6-18-19-13-16(4-5-20(19)24(2)21(18)7-9-25)28(26,27)17-11-14(22)10-15(23)12-17/h4-5,10-13,18,21H,3,6-9H2,1-2H3/t18-,21?/m1/s1. The number of sulfone groups is 1. The smallest absolute Gasteiger partial charge is 0.206 e. The molecule has 28 heavy (non-hydrogen) atoms. The highest BCUT2D eigenvalue weighted by Gasteiger charge is 2.38. The molecule has 0 bridgehead atoms. The molecule has 0 aliphatic carbocycles. The Labute approximate surface area is 164 Å². The van der Waals surface area contributed by atoms with Crippen LogP contribution in [-0.4, -0.2) is 46.0 Å². The molecule has 4 rings (SSSR count). The second kappa shape index (κ2) is 7.12. The Balaban J connectivity index is 1.74. The number of halogens is 2. The van der Waals surface area contributed by atoms with Crippen molar-refractivity contribution in [1.29, 1.82) is 0 Å². The summed E-state index contributed by atoms with van der Waals surface area (Å²) in [6.45, 7) is 5.18. The van der Waals surface area contributed by atoms with Crippen LogP contribution in [0, 0.1) is 11.6 Å². The molecule has 1 fully saturated rings. The van der Waals surface area contributed by atoms with Crippen LogP contribution in [0.1, 0.15) is 31.2 Å². The molecule has 0 amide bonds. The number of hydrogen-bond donors (Lipinski definition) is 0. The lowest BCUT2D eigenvalue weighted by molar-refractivity contribution is 0.298. The Bertz CT molecular complexity index is 989. The molecule has 0 saturated carbocycles. The largest absolute Gasteiger partial charge is 0.371 e. The fraction of sp³-hybridized carbons (Fsp3) is 0.429. The number of rotatable bonds is 3. The van der Waals surface area contributed by atoms with Gasteiger partial charge in [0.2, 0.25) is 9.84 Å². The summed E-state index contributed by atoms with van der Waals surface area (Å²) in [6, 6.07) is 7.82. The monoisotopic (exact) mass is 406 g/mol. The molecule has 4 nitrogen and oxygen atoms in total. The van der Waals surface area contributed by atoms with Gasteiger partial charge in [-0.2, -0.15) is 0 Å². The van der Waals surface area contributed by atoms with Crippen molar-refractivity contribution in [3.63, 3.8) is 0 Å². The van der Waals surface area contributed by atoms with Crippen molar-refractivity contribution < 1.29 is 17.2 Å². The van der Waals surface area contributed by atoms with E-state index in [1.807, 2.05) is 6.07 Å². The number of anilines is 1. The average Bonchev–Trinajstić information content (AvgIpc) is 2.81. The van der Waals surface area contributed by atoms with Crippen molar-refractivity contribution in [3.05, 3.63) is 53.6 Å². The quantitative estimate of drug-likeness (QED) is 0.777. The van der Waals surface area contributed by atoms with Crippen LogP contribution in [0.4, 0.5) is 14.5 Å². The van der Waals surface area contributed by atoms with Crippen molar-refractivity contribution in [1.82, 2.24) is 4.90 Å². The molecule has 0 radical (unpaired) electrons. The lowest BCUT2D eigenvalue weighted by Gasteiger charge is -2.25. The third kappa shape index (κ3) is 3.20. The van der Waals surface area contributed by atoms with Gasteiger partial charge in [0.15, 0.2) is 0 Å². The lowest BCUT2D eigenvalue weighted by Crippen LogP contribution is -2.31. The summed E-state index contributed by atoms with van der Waals surface area (Å²) < 4.78 is 53.1. The maximum Gasteiger partial charge on any atom is 0.206 e. The Morgan fingerprint density at radius 1 is 1.00 bits per heavy atom. The van der Waals surface area contributed by atoms with Gasteiger partial charge < -0.3 is 9.80 Å². The van der Waals surface area contributed by atoms with E-state index in [2.05, 4.69) is 23.8 Å². The summed E-state index contributed by atoms with van der Waals surface area (Å²) in [5.74, 6) is -1.54. The zero-order valence-corrected chi connectivity index (χ0v) is 16.8. The summed E-state index contributed by atoms with van der Waals surface area (Å²) in [6.07, 6.45) is 1.99. The van der Waals surface area contributed by atoms with Crippen LogP contribution in [0.25, 0.3) is 0 Å². The molecule has 2 heterocycles. The molecule has 150 valence electrons. The molecule has 1 unspecified atom stereocenters. The van der Waals surface area contributed by atoms with Crippen molar-refractivity contribution in [3.8, 4) is 0 Å². The van der Waals surface area contributed by atoms with E-state index in [1.165, 1.54) is 6.07 Å². The third-order valence-corrected chi connectivity index (χ3v) is 7.87. The van der Waals surface area contributed by atoms with Gasteiger partial charge in [0.05, 0.1) is 9.79 Å². The van der Waals surface area contributed by atoms with Gasteiger partial charge in [-0.15, -0.1) is 0 Å². The Hall–Kier alpha value is -1.99. The van der Waals surface area contributed by atoms with Crippen LogP contribution in [-0.2, 0) is 9.84 Å². The fourth-order valence-corrected chi connectivity index (χ4v) is 5.94. The summed E-state index contributed by atoms with van der Waals surface area (Å²) in [5.41, 5.74) is 2.06. The molecule has 2 aromatic rings. The fourth-order valence-electron chi connectivity index (χ4n) is 4.60. The molecule has 2 aliphatic heterocycles. The maximum absolute atomic E-state index is 13.6. The highest BCUT2D eigenvalue weighted by molar-refractivity contribution is 7.91. The average molecular weight is 406 g/mol. The molecule has 1 saturated heterocycles. The Morgan fingerprint density at radius 2 is 1.68 bits per heavy atom. The van der Waals surface area contributed by atoms with Crippen LogP contribution in [0.15, 0.2) is 46.2 Å². The van der Waals surface area contributed by atoms with Gasteiger partial charge in [-0.05, 0) is 61.8 Å². The van der Waals surface area contributed by atoms with Gasteiger partial charge in [0.25, 0.3) is 0 Å². The van der Waals surface area contributed by atoms with Crippen molar-refractivity contribution in [2.75, 3.05) is 31.6 Å². The summed E-state index contributed by atoms with van der Waals surface area (Å²) in [5, 5.41) is 0. The van der Waals surface area contributed by atoms with E-state index >= 15 is 0 Å². The summed E-state index contributed by atoms with van der Waals surface area (Å²) in [7, 11) is -1.94. The van der Waals surface area contributed by atoms with Crippen LogP contribution < -0.4 is 4.90 Å². The topological polar surface area (TPSA) is 40.6 Å². The minimum atomic E-state index is -3.99. The van der Waals surface area contributed by atoms with Crippen LogP contribution in [0.5, 0.6) is 0 Å². The Morgan fingerprint density at radius 3 is 2.36 bits per heavy atom. The Kier molecular flexibility index (Phi) is 4.91. The number of likely N-dealkylation sites (N-methyl/N-ethyl adjacent to an activating group) is 1. The molecular weight excluding hydrogens is 382 g/mol. The number of hydrogen-bond acceptors (Lipinski definition) is 4. The first kappa shape index (κ1) is 19.3. The predicted molar refractivity (Wildman–Crippen MR) is 105 cm³/mol. The first-order chi connectivity index (χ1) is 13.3. The van der Waals surface area contributed by atoms with E-state index in [0.29, 0.717) is 12.1 Å². The third-order valence-electron chi connectivity index (χ3n) is 6.14. The second-order valence-electron chi connectivity index (χ2n) is 7.63. The van der Waals surface area contributed by atoms with E-state index in [9.17, 15) is 17.2 Å². The second-order valence-corrected chi connectivity index (χ2v) is 9.58. The number of nitrogens with zero attached hydrogens (tertiary/aromatic N) is 2. The van der Waals surface area contributed by atoms with Crippen LogP contribution in [0.3, 0.4) is 0 Å². The number of likely N-dealkylation sites (tertiary alicyclic amines) is 1. The highest BCUT2D eigenvalue weighted by Crippen LogP contribution is 2.45. The lowest BCUT2D eigenvalue weighted by atomic mass is 9.91. The maximum atomic E-state index is 13.6. The SMILES string of the molecule is CCN1CCC2[C@H](CC1)c1cc(S(=O)(=O)c3cc(F)cc(F)c3)ccc1N2C. The summed E-state index contributed by atoms with van der Waals surface area (Å²) in [4.78, 5) is 4.40. The molecule has 2 aliphatic rings. The van der Waals surface area contributed by atoms with Crippen molar-refractivity contribution >= 4 is 15.5 Å². The molecular formula is C21H24F2N2O2S. The minimum Gasteiger partial charge on any atom is -0.371 e. The van der Waals surface area contributed by atoms with Crippen molar-refractivity contribution in [2.24, 2.45) is 0 Å². The number of fused-ring (bicyclic) bond motifs is 3. The molecule has 0 N–H and O–H groups in total. The van der Waals surface area contributed by atoms with E-state index < -0.39 is 21.5 Å². The van der Waals surface area contributed by atoms with Gasteiger partial charge in [0.1, 0.15) is 11.6 Å². The molecule has 2 atom stereocenters. The minimum absolute atomic E-state index is 0.0851. The number of benzene rings is 2. The van der Waals surface area contributed by atoms with Gasteiger partial charge in [-0.3, -0.25) is 0 Å². The van der Waals surface area contributed by atoms with E-state index in [0.717, 1.165) is 55.9 Å². The van der Waals surface area contributed by atoms with Gasteiger partial charge in [-0.1, -0.05) is 6.92 Å². The van der Waals surface area contributed by atoms with Gasteiger partial charge in [0, 0.05) is 37.3 Å². The zero-order valence-electron chi connectivity index (χ0n) is 16.0. The van der Waals surface area contributed by atoms with Crippen molar-refractivity contribution in [2.45, 2.75) is 41.5 Å². The van der Waals surface area contributed by atoms with E-state index in [1.54, 1.807) is 6.07 Å². The van der Waals surface area contributed by atoms with E-state index in [4.69, 9.17) is 0 Å². The van der Waals surface area contributed by atoms with Gasteiger partial charge >= 0.3 is 0 Å². The van der Waals surface area contributed by atoms with Crippen LogP contribution in [0.2, 0.25) is 0 Å².